The lowest BCUT2D eigenvalue weighted by Gasteiger charge is -2.47. The lowest BCUT2D eigenvalue weighted by Crippen LogP contribution is -2.57. The SMILES string of the molecule is C=CC(=O)Nc1ccc(O)c(C(=O)N2CC(C)OC3(CCCCC3)C2)c1. The van der Waals surface area contributed by atoms with Gasteiger partial charge in [-0.15, -0.1) is 0 Å². The quantitative estimate of drug-likeness (QED) is 0.643. The van der Waals surface area contributed by atoms with Gasteiger partial charge in [0.05, 0.1) is 23.8 Å². The Balaban J connectivity index is 1.82. The molecule has 1 aliphatic heterocycles. The average molecular weight is 358 g/mol. The van der Waals surface area contributed by atoms with Crippen LogP contribution in [0.3, 0.4) is 0 Å². The van der Waals surface area contributed by atoms with Gasteiger partial charge in [-0.05, 0) is 44.0 Å². The predicted molar refractivity (Wildman–Crippen MR) is 99.2 cm³/mol. The zero-order valence-electron chi connectivity index (χ0n) is 15.2. The molecule has 1 aliphatic carbocycles. The molecule has 2 N–H and O–H groups in total. The van der Waals surface area contributed by atoms with Crippen molar-refractivity contribution in [1.82, 2.24) is 4.90 Å². The molecule has 1 aromatic rings. The Morgan fingerprint density at radius 1 is 1.35 bits per heavy atom. The number of phenolic OH excluding ortho intramolecular Hbond substituents is 1. The Morgan fingerprint density at radius 2 is 2.08 bits per heavy atom. The number of carbonyl (C=O) groups excluding carboxylic acids is 2. The molecule has 6 nitrogen and oxygen atoms in total. The average Bonchev–Trinajstić information content (AvgIpc) is 2.62. The molecule has 3 rings (SSSR count). The Labute approximate surface area is 153 Å². The first-order valence-electron chi connectivity index (χ1n) is 9.16. The van der Waals surface area contributed by atoms with Crippen LogP contribution in [0.2, 0.25) is 0 Å². The van der Waals surface area contributed by atoms with E-state index in [0.29, 0.717) is 18.8 Å². The molecular weight excluding hydrogens is 332 g/mol. The van der Waals surface area contributed by atoms with Crippen LogP contribution in [0.1, 0.15) is 49.4 Å². The Hall–Kier alpha value is -2.34. The summed E-state index contributed by atoms with van der Waals surface area (Å²) in [5.74, 6) is -0.698. The lowest BCUT2D eigenvalue weighted by molar-refractivity contribution is -0.154. The maximum absolute atomic E-state index is 13.1. The molecule has 1 saturated carbocycles. The number of phenols is 1. The van der Waals surface area contributed by atoms with Crippen LogP contribution in [-0.4, -0.2) is 46.6 Å². The van der Waals surface area contributed by atoms with Crippen LogP contribution < -0.4 is 5.32 Å². The van der Waals surface area contributed by atoms with Gasteiger partial charge in [0.2, 0.25) is 5.91 Å². The molecule has 1 saturated heterocycles. The number of nitrogens with zero attached hydrogens (tertiary/aromatic N) is 1. The number of benzene rings is 1. The number of ether oxygens (including phenoxy) is 1. The summed E-state index contributed by atoms with van der Waals surface area (Å²) in [6.45, 7) is 6.42. The molecular formula is C20H26N2O4. The Morgan fingerprint density at radius 3 is 2.77 bits per heavy atom. The van der Waals surface area contributed by atoms with Crippen LogP contribution in [0, 0.1) is 0 Å². The van der Waals surface area contributed by atoms with Gasteiger partial charge < -0.3 is 20.1 Å². The Bertz CT molecular complexity index is 710. The topological polar surface area (TPSA) is 78.9 Å². The van der Waals surface area contributed by atoms with Gasteiger partial charge in [0, 0.05) is 12.2 Å². The van der Waals surface area contributed by atoms with Crippen LogP contribution in [0.25, 0.3) is 0 Å². The Kier molecular flexibility index (Phi) is 5.32. The first-order valence-corrected chi connectivity index (χ1v) is 9.16. The number of rotatable bonds is 3. The van der Waals surface area contributed by atoms with E-state index in [1.807, 2.05) is 6.92 Å². The standard InChI is InChI=1S/C20H26N2O4/c1-3-18(24)21-15-7-8-17(23)16(11-15)19(25)22-12-14(2)26-20(13-22)9-5-4-6-10-20/h3,7-8,11,14,23H,1,4-6,9-10,12-13H2,2H3,(H,21,24). The smallest absolute Gasteiger partial charge is 0.257 e. The van der Waals surface area contributed by atoms with E-state index in [9.17, 15) is 14.7 Å². The van der Waals surface area contributed by atoms with Crippen LogP contribution in [0.15, 0.2) is 30.9 Å². The van der Waals surface area contributed by atoms with E-state index in [1.165, 1.54) is 18.6 Å². The fraction of sp³-hybridized carbons (Fsp3) is 0.500. The number of anilines is 1. The first kappa shape index (κ1) is 18.5. The third-order valence-electron chi connectivity index (χ3n) is 5.14. The van der Waals surface area contributed by atoms with Crippen LogP contribution >= 0.6 is 0 Å². The molecule has 2 fully saturated rings. The minimum atomic E-state index is -0.366. The molecule has 0 radical (unpaired) electrons. The van der Waals surface area contributed by atoms with E-state index in [2.05, 4.69) is 11.9 Å². The van der Waals surface area contributed by atoms with Crippen molar-refractivity contribution in [3.63, 3.8) is 0 Å². The van der Waals surface area contributed by atoms with Gasteiger partial charge >= 0.3 is 0 Å². The zero-order chi connectivity index (χ0) is 18.7. The monoisotopic (exact) mass is 358 g/mol. The molecule has 140 valence electrons. The van der Waals surface area contributed by atoms with Crippen molar-refractivity contribution in [1.29, 1.82) is 0 Å². The summed E-state index contributed by atoms with van der Waals surface area (Å²) in [6.07, 6.45) is 6.47. The number of hydrogen-bond acceptors (Lipinski definition) is 4. The molecule has 1 aromatic carbocycles. The van der Waals surface area contributed by atoms with Crippen molar-refractivity contribution in [2.75, 3.05) is 18.4 Å². The second kappa shape index (κ2) is 7.50. The van der Waals surface area contributed by atoms with Crippen LogP contribution in [0.5, 0.6) is 5.75 Å². The summed E-state index contributed by atoms with van der Waals surface area (Å²) >= 11 is 0. The number of hydrogen-bond donors (Lipinski definition) is 2. The minimum absolute atomic E-state index is 0.0448. The summed E-state index contributed by atoms with van der Waals surface area (Å²) in [5, 5.41) is 12.8. The minimum Gasteiger partial charge on any atom is -0.507 e. The molecule has 1 heterocycles. The number of carbonyl (C=O) groups is 2. The second-order valence-corrected chi connectivity index (χ2v) is 7.28. The van der Waals surface area contributed by atoms with Gasteiger partial charge in [-0.25, -0.2) is 0 Å². The molecule has 0 aromatic heterocycles. The number of nitrogens with one attached hydrogen (secondary N) is 1. The third-order valence-corrected chi connectivity index (χ3v) is 5.14. The van der Waals surface area contributed by atoms with Crippen molar-refractivity contribution in [3.05, 3.63) is 36.4 Å². The summed E-state index contributed by atoms with van der Waals surface area (Å²) in [7, 11) is 0. The fourth-order valence-electron chi connectivity index (χ4n) is 4.00. The lowest BCUT2D eigenvalue weighted by atomic mass is 9.83. The van der Waals surface area contributed by atoms with Crippen LogP contribution in [-0.2, 0) is 9.53 Å². The second-order valence-electron chi connectivity index (χ2n) is 7.28. The van der Waals surface area contributed by atoms with Gasteiger partial charge in [0.25, 0.3) is 5.91 Å². The summed E-state index contributed by atoms with van der Waals surface area (Å²) in [4.78, 5) is 26.3. The molecule has 2 amide bonds. The highest BCUT2D eigenvalue weighted by atomic mass is 16.5. The van der Waals surface area contributed by atoms with Crippen LogP contribution in [0.4, 0.5) is 5.69 Å². The number of amides is 2. The van der Waals surface area contributed by atoms with Crippen molar-refractivity contribution in [3.8, 4) is 5.75 Å². The van der Waals surface area contributed by atoms with E-state index >= 15 is 0 Å². The molecule has 1 unspecified atom stereocenters. The highest BCUT2D eigenvalue weighted by molar-refractivity contribution is 6.02. The van der Waals surface area contributed by atoms with Crippen molar-refractivity contribution in [2.24, 2.45) is 0 Å². The van der Waals surface area contributed by atoms with Gasteiger partial charge in [0.15, 0.2) is 0 Å². The van der Waals surface area contributed by atoms with Crippen molar-refractivity contribution < 1.29 is 19.4 Å². The molecule has 6 heteroatoms. The molecule has 26 heavy (non-hydrogen) atoms. The molecule has 2 aliphatic rings. The predicted octanol–water partition coefficient (Wildman–Crippen LogP) is 3.08. The highest BCUT2D eigenvalue weighted by Crippen LogP contribution is 2.37. The van der Waals surface area contributed by atoms with E-state index < -0.39 is 0 Å². The largest absolute Gasteiger partial charge is 0.507 e. The van der Waals surface area contributed by atoms with Gasteiger partial charge in [-0.1, -0.05) is 25.8 Å². The number of morpholine rings is 1. The summed E-state index contributed by atoms with van der Waals surface area (Å²) < 4.78 is 6.23. The van der Waals surface area contributed by atoms with Gasteiger partial charge in [0.1, 0.15) is 5.75 Å². The molecule has 1 atom stereocenters. The van der Waals surface area contributed by atoms with E-state index in [4.69, 9.17) is 4.74 Å². The van der Waals surface area contributed by atoms with Crippen molar-refractivity contribution >= 4 is 17.5 Å². The maximum Gasteiger partial charge on any atom is 0.257 e. The highest BCUT2D eigenvalue weighted by Gasteiger charge is 2.42. The van der Waals surface area contributed by atoms with E-state index in [-0.39, 0.29) is 34.8 Å². The third kappa shape index (κ3) is 3.90. The van der Waals surface area contributed by atoms with Gasteiger partial charge in [-0.3, -0.25) is 9.59 Å². The number of aromatic hydroxyl groups is 1. The first-order chi connectivity index (χ1) is 12.4. The fourth-order valence-corrected chi connectivity index (χ4v) is 4.00. The maximum atomic E-state index is 13.1. The van der Waals surface area contributed by atoms with Gasteiger partial charge in [-0.2, -0.15) is 0 Å². The summed E-state index contributed by atoms with van der Waals surface area (Å²) in [6, 6.07) is 4.48. The normalized spacial score (nSPS) is 22.0. The molecule has 1 spiro atoms. The molecule has 0 bridgehead atoms. The summed E-state index contributed by atoms with van der Waals surface area (Å²) in [5.41, 5.74) is 0.368. The van der Waals surface area contributed by atoms with Crippen molar-refractivity contribution in [2.45, 2.75) is 50.7 Å². The van der Waals surface area contributed by atoms with E-state index in [0.717, 1.165) is 31.8 Å². The van der Waals surface area contributed by atoms with E-state index in [1.54, 1.807) is 11.0 Å². The zero-order valence-corrected chi connectivity index (χ0v) is 15.2.